The normalized spacial score (nSPS) is 11.5. The monoisotopic (exact) mass is 295 g/mol. The number of aliphatic hydroxyl groups is 1. The highest BCUT2D eigenvalue weighted by Gasteiger charge is 2.13. The van der Waals surface area contributed by atoms with E-state index in [4.69, 9.17) is 5.11 Å². The topological polar surface area (TPSA) is 84.2 Å². The van der Waals surface area contributed by atoms with E-state index in [0.717, 1.165) is 0 Å². The van der Waals surface area contributed by atoms with Gasteiger partial charge in [-0.25, -0.2) is 8.42 Å². The number of nitrogens with zero attached hydrogens (tertiary/aromatic N) is 2. The molecule has 0 amide bonds. The van der Waals surface area contributed by atoms with Crippen LogP contribution in [0, 0.1) is 0 Å². The van der Waals surface area contributed by atoms with E-state index in [2.05, 4.69) is 9.82 Å². The molecule has 0 aliphatic heterocycles. The van der Waals surface area contributed by atoms with E-state index in [0.29, 0.717) is 23.4 Å². The lowest BCUT2D eigenvalue weighted by atomic mass is 10.1. The fraction of sp³-hybridized carbons (Fsp3) is 0.308. The third-order valence-corrected chi connectivity index (χ3v) is 4.02. The molecule has 1 heterocycles. The Hall–Kier alpha value is -1.86. The molecule has 2 rings (SSSR count). The van der Waals surface area contributed by atoms with E-state index in [-0.39, 0.29) is 12.4 Å². The van der Waals surface area contributed by atoms with E-state index in [1.54, 1.807) is 35.1 Å². The molecule has 0 aliphatic rings. The Labute approximate surface area is 118 Å². The Kier molecular flexibility index (Phi) is 4.41. The fourth-order valence-electron chi connectivity index (χ4n) is 1.84. The summed E-state index contributed by atoms with van der Waals surface area (Å²) in [6.45, 7) is 2.50. The van der Waals surface area contributed by atoms with Crippen LogP contribution in [-0.2, 0) is 28.9 Å². The van der Waals surface area contributed by atoms with Gasteiger partial charge in [0.25, 0.3) is 0 Å². The van der Waals surface area contributed by atoms with Gasteiger partial charge in [-0.15, -0.1) is 0 Å². The van der Waals surface area contributed by atoms with E-state index in [9.17, 15) is 8.42 Å². The van der Waals surface area contributed by atoms with Crippen LogP contribution in [0.1, 0.15) is 18.1 Å². The summed E-state index contributed by atoms with van der Waals surface area (Å²) in [5.41, 5.74) is 1.77. The quantitative estimate of drug-likeness (QED) is 0.842. The third-order valence-electron chi connectivity index (χ3n) is 2.76. The Balaban J connectivity index is 2.10. The van der Waals surface area contributed by atoms with Gasteiger partial charge >= 0.3 is 0 Å². The smallest absolute Gasteiger partial charge is 0.237 e. The molecule has 0 saturated heterocycles. The molecule has 0 spiro atoms. The average molecular weight is 295 g/mol. The van der Waals surface area contributed by atoms with Gasteiger partial charge in [0.05, 0.1) is 24.2 Å². The minimum Gasteiger partial charge on any atom is -0.392 e. The summed E-state index contributed by atoms with van der Waals surface area (Å²) >= 11 is 0. The fourth-order valence-corrected chi connectivity index (χ4v) is 3.00. The van der Waals surface area contributed by atoms with Crippen LogP contribution < -0.4 is 4.72 Å². The van der Waals surface area contributed by atoms with Crippen LogP contribution in [0.15, 0.2) is 36.7 Å². The SMILES string of the molecule is CCn1cc(NS(=O)(=O)Cc2cccc(CO)c2)cn1. The predicted octanol–water partition coefficient (Wildman–Crippen LogP) is 1.34. The molecule has 20 heavy (non-hydrogen) atoms. The number of sulfonamides is 1. The number of aromatic nitrogens is 2. The van der Waals surface area contributed by atoms with Gasteiger partial charge in [0.1, 0.15) is 0 Å². The molecule has 0 fully saturated rings. The molecule has 0 aliphatic carbocycles. The number of hydrogen-bond acceptors (Lipinski definition) is 4. The molecule has 0 bridgehead atoms. The average Bonchev–Trinajstić information content (AvgIpc) is 2.85. The Morgan fingerprint density at radius 3 is 2.75 bits per heavy atom. The van der Waals surface area contributed by atoms with E-state index in [1.807, 2.05) is 6.92 Å². The summed E-state index contributed by atoms with van der Waals surface area (Å²) in [7, 11) is -3.49. The van der Waals surface area contributed by atoms with Crippen molar-refractivity contribution in [2.75, 3.05) is 4.72 Å². The number of hydrogen-bond donors (Lipinski definition) is 2. The summed E-state index contributed by atoms with van der Waals surface area (Å²) in [5.74, 6) is -0.141. The minimum absolute atomic E-state index is 0.107. The number of rotatable bonds is 6. The molecule has 108 valence electrons. The van der Waals surface area contributed by atoms with Crippen molar-refractivity contribution in [1.29, 1.82) is 0 Å². The van der Waals surface area contributed by atoms with Crippen molar-refractivity contribution in [2.24, 2.45) is 0 Å². The summed E-state index contributed by atoms with van der Waals surface area (Å²) in [6.07, 6.45) is 3.12. The molecule has 0 radical (unpaired) electrons. The van der Waals surface area contributed by atoms with Crippen LogP contribution >= 0.6 is 0 Å². The molecule has 0 atom stereocenters. The Bertz CT molecular complexity index is 680. The predicted molar refractivity (Wildman–Crippen MR) is 76.5 cm³/mol. The molecule has 2 aromatic rings. The zero-order valence-corrected chi connectivity index (χ0v) is 12.0. The van der Waals surface area contributed by atoms with Crippen molar-refractivity contribution < 1.29 is 13.5 Å². The summed E-state index contributed by atoms with van der Waals surface area (Å²) in [5, 5.41) is 13.1. The Morgan fingerprint density at radius 1 is 1.35 bits per heavy atom. The zero-order valence-electron chi connectivity index (χ0n) is 11.2. The van der Waals surface area contributed by atoms with Crippen molar-refractivity contribution in [3.05, 3.63) is 47.8 Å². The van der Waals surface area contributed by atoms with E-state index in [1.165, 1.54) is 6.20 Å². The first kappa shape index (κ1) is 14.5. The van der Waals surface area contributed by atoms with Gasteiger partial charge in [0.2, 0.25) is 10.0 Å². The van der Waals surface area contributed by atoms with Gasteiger partial charge in [-0.3, -0.25) is 9.40 Å². The van der Waals surface area contributed by atoms with E-state index < -0.39 is 10.0 Å². The van der Waals surface area contributed by atoms with Crippen LogP contribution in [-0.4, -0.2) is 23.3 Å². The molecule has 7 heteroatoms. The second-order valence-electron chi connectivity index (χ2n) is 4.42. The number of nitrogens with one attached hydrogen (secondary N) is 1. The van der Waals surface area contributed by atoms with Crippen molar-refractivity contribution in [2.45, 2.75) is 25.8 Å². The van der Waals surface area contributed by atoms with Gasteiger partial charge < -0.3 is 5.11 Å². The number of aliphatic hydroxyl groups excluding tert-OH is 1. The van der Waals surface area contributed by atoms with Crippen LogP contribution in [0.4, 0.5) is 5.69 Å². The summed E-state index contributed by atoms with van der Waals surface area (Å²) in [4.78, 5) is 0. The first-order chi connectivity index (χ1) is 9.52. The molecule has 0 unspecified atom stereocenters. The molecule has 0 saturated carbocycles. The van der Waals surface area contributed by atoms with Crippen molar-refractivity contribution >= 4 is 15.7 Å². The second kappa shape index (κ2) is 6.06. The summed E-state index contributed by atoms with van der Waals surface area (Å²) in [6, 6.07) is 6.86. The van der Waals surface area contributed by atoms with Gasteiger partial charge in [0.15, 0.2) is 0 Å². The highest BCUT2D eigenvalue weighted by atomic mass is 32.2. The lowest BCUT2D eigenvalue weighted by Gasteiger charge is -2.07. The largest absolute Gasteiger partial charge is 0.392 e. The first-order valence-corrected chi connectivity index (χ1v) is 7.89. The Morgan fingerprint density at radius 2 is 2.10 bits per heavy atom. The van der Waals surface area contributed by atoms with Crippen LogP contribution in [0.2, 0.25) is 0 Å². The van der Waals surface area contributed by atoms with E-state index >= 15 is 0 Å². The maximum absolute atomic E-state index is 12.1. The molecular formula is C13H17N3O3S. The highest BCUT2D eigenvalue weighted by molar-refractivity contribution is 7.91. The van der Waals surface area contributed by atoms with Gasteiger partial charge in [-0.1, -0.05) is 24.3 Å². The highest BCUT2D eigenvalue weighted by Crippen LogP contribution is 2.13. The van der Waals surface area contributed by atoms with Gasteiger partial charge in [0, 0.05) is 12.7 Å². The lowest BCUT2D eigenvalue weighted by Crippen LogP contribution is -2.14. The van der Waals surface area contributed by atoms with Crippen LogP contribution in [0.25, 0.3) is 0 Å². The standard InChI is InChI=1S/C13H17N3O3S/c1-2-16-8-13(7-14-16)15-20(18,19)10-12-5-3-4-11(6-12)9-17/h3-8,15,17H,2,9-10H2,1H3. The first-order valence-electron chi connectivity index (χ1n) is 6.24. The molecule has 2 N–H and O–H groups in total. The molecule has 1 aromatic heterocycles. The van der Waals surface area contributed by atoms with Gasteiger partial charge in [-0.05, 0) is 18.1 Å². The van der Waals surface area contributed by atoms with Gasteiger partial charge in [-0.2, -0.15) is 5.10 Å². The van der Waals surface area contributed by atoms with Crippen molar-refractivity contribution in [3.63, 3.8) is 0 Å². The second-order valence-corrected chi connectivity index (χ2v) is 6.15. The summed E-state index contributed by atoms with van der Waals surface area (Å²) < 4.78 is 28.2. The maximum Gasteiger partial charge on any atom is 0.237 e. The number of aryl methyl sites for hydroxylation is 1. The van der Waals surface area contributed by atoms with Crippen LogP contribution in [0.3, 0.4) is 0 Å². The molecule has 1 aromatic carbocycles. The lowest BCUT2D eigenvalue weighted by molar-refractivity contribution is 0.282. The number of anilines is 1. The molecular weight excluding hydrogens is 278 g/mol. The maximum atomic E-state index is 12.1. The van der Waals surface area contributed by atoms with Crippen LogP contribution in [0.5, 0.6) is 0 Å². The molecule has 6 nitrogen and oxygen atoms in total. The van der Waals surface area contributed by atoms with Crippen molar-refractivity contribution in [1.82, 2.24) is 9.78 Å². The van der Waals surface area contributed by atoms with Crippen molar-refractivity contribution in [3.8, 4) is 0 Å². The third kappa shape index (κ3) is 3.82. The zero-order chi connectivity index (χ0) is 14.6. The number of benzene rings is 1. The minimum atomic E-state index is -3.49.